The normalized spacial score (nSPS) is 10.1. The SMILES string of the molecule is COc1cccc(C(=O)NCc2ccc(N)cc2)c1O. The van der Waals surface area contributed by atoms with Crippen molar-refractivity contribution in [1.29, 1.82) is 0 Å². The molecular formula is C15H16N2O3. The second-order valence-electron chi connectivity index (χ2n) is 4.28. The van der Waals surface area contributed by atoms with Crippen LogP contribution in [0.25, 0.3) is 0 Å². The fraction of sp³-hybridized carbons (Fsp3) is 0.133. The lowest BCUT2D eigenvalue weighted by Crippen LogP contribution is -2.22. The third-order valence-corrected chi connectivity index (χ3v) is 2.90. The Hall–Kier alpha value is -2.69. The molecule has 0 saturated carbocycles. The summed E-state index contributed by atoms with van der Waals surface area (Å²) in [6.07, 6.45) is 0. The van der Waals surface area contributed by atoms with Gasteiger partial charge in [-0.15, -0.1) is 0 Å². The molecule has 2 rings (SSSR count). The van der Waals surface area contributed by atoms with Crippen molar-refractivity contribution in [3.63, 3.8) is 0 Å². The topological polar surface area (TPSA) is 84.6 Å². The van der Waals surface area contributed by atoms with E-state index in [0.717, 1.165) is 5.56 Å². The maximum Gasteiger partial charge on any atom is 0.255 e. The molecule has 0 aromatic heterocycles. The molecule has 2 aromatic carbocycles. The molecule has 0 unspecified atom stereocenters. The number of hydrogen-bond donors (Lipinski definition) is 3. The minimum absolute atomic E-state index is 0.162. The van der Waals surface area contributed by atoms with Crippen LogP contribution in [-0.2, 0) is 6.54 Å². The molecule has 0 fully saturated rings. The minimum atomic E-state index is -0.363. The van der Waals surface area contributed by atoms with Gasteiger partial charge in [-0.1, -0.05) is 18.2 Å². The lowest BCUT2D eigenvalue weighted by Gasteiger charge is -2.09. The molecule has 0 aliphatic heterocycles. The summed E-state index contributed by atoms with van der Waals surface area (Å²) in [5, 5.41) is 12.6. The van der Waals surface area contributed by atoms with Crippen LogP contribution in [0.1, 0.15) is 15.9 Å². The monoisotopic (exact) mass is 272 g/mol. The number of carbonyl (C=O) groups is 1. The van der Waals surface area contributed by atoms with Gasteiger partial charge in [0.2, 0.25) is 0 Å². The summed E-state index contributed by atoms with van der Waals surface area (Å²) in [5.74, 6) is -0.256. The second kappa shape index (κ2) is 5.97. The third kappa shape index (κ3) is 3.00. The Morgan fingerprint density at radius 3 is 2.60 bits per heavy atom. The van der Waals surface area contributed by atoms with Crippen LogP contribution in [0.4, 0.5) is 5.69 Å². The van der Waals surface area contributed by atoms with Gasteiger partial charge < -0.3 is 20.9 Å². The fourth-order valence-electron chi connectivity index (χ4n) is 1.78. The summed E-state index contributed by atoms with van der Waals surface area (Å²) in [6.45, 7) is 0.357. The number of amides is 1. The van der Waals surface area contributed by atoms with Gasteiger partial charge in [0.15, 0.2) is 11.5 Å². The molecule has 104 valence electrons. The van der Waals surface area contributed by atoms with Crippen LogP contribution < -0.4 is 15.8 Å². The standard InChI is InChI=1S/C15H16N2O3/c1-20-13-4-2-3-12(14(13)18)15(19)17-9-10-5-7-11(16)8-6-10/h2-8,18H,9,16H2,1H3,(H,17,19). The largest absolute Gasteiger partial charge is 0.504 e. The van der Waals surface area contributed by atoms with Crippen LogP contribution >= 0.6 is 0 Å². The van der Waals surface area contributed by atoms with Gasteiger partial charge in [0.1, 0.15) is 0 Å². The van der Waals surface area contributed by atoms with Crippen molar-refractivity contribution >= 4 is 11.6 Å². The van der Waals surface area contributed by atoms with Crippen molar-refractivity contribution in [3.05, 3.63) is 53.6 Å². The minimum Gasteiger partial charge on any atom is -0.504 e. The number of hydrogen-bond acceptors (Lipinski definition) is 4. The summed E-state index contributed by atoms with van der Waals surface area (Å²) in [5.41, 5.74) is 7.37. The first-order valence-corrected chi connectivity index (χ1v) is 6.10. The van der Waals surface area contributed by atoms with Crippen molar-refractivity contribution in [2.24, 2.45) is 0 Å². The highest BCUT2D eigenvalue weighted by atomic mass is 16.5. The van der Waals surface area contributed by atoms with Gasteiger partial charge in [-0.05, 0) is 29.8 Å². The van der Waals surface area contributed by atoms with Crippen molar-refractivity contribution in [2.75, 3.05) is 12.8 Å². The van der Waals surface area contributed by atoms with Crippen LogP contribution in [0.2, 0.25) is 0 Å². The summed E-state index contributed by atoms with van der Waals surface area (Å²) < 4.78 is 4.97. The van der Waals surface area contributed by atoms with Gasteiger partial charge in [0.25, 0.3) is 5.91 Å². The Morgan fingerprint density at radius 1 is 1.25 bits per heavy atom. The zero-order valence-electron chi connectivity index (χ0n) is 11.1. The van der Waals surface area contributed by atoms with E-state index in [1.54, 1.807) is 24.3 Å². The van der Waals surface area contributed by atoms with Gasteiger partial charge >= 0.3 is 0 Å². The molecule has 1 amide bonds. The molecular weight excluding hydrogens is 256 g/mol. The van der Waals surface area contributed by atoms with Crippen LogP contribution in [-0.4, -0.2) is 18.1 Å². The number of methoxy groups -OCH3 is 1. The average Bonchev–Trinajstić information content (AvgIpc) is 2.46. The molecule has 5 nitrogen and oxygen atoms in total. The van der Waals surface area contributed by atoms with Crippen LogP contribution in [0.3, 0.4) is 0 Å². The third-order valence-electron chi connectivity index (χ3n) is 2.90. The maximum atomic E-state index is 12.0. The summed E-state index contributed by atoms with van der Waals surface area (Å²) >= 11 is 0. The van der Waals surface area contributed by atoms with E-state index in [9.17, 15) is 9.90 Å². The molecule has 0 atom stereocenters. The molecule has 2 aromatic rings. The number of nitrogens with one attached hydrogen (secondary N) is 1. The van der Waals surface area contributed by atoms with E-state index in [2.05, 4.69) is 5.32 Å². The van der Waals surface area contributed by atoms with Gasteiger partial charge in [0, 0.05) is 12.2 Å². The Labute approximate surface area is 117 Å². The number of phenolic OH excluding ortho intramolecular Hbond substituents is 1. The molecule has 20 heavy (non-hydrogen) atoms. The van der Waals surface area contributed by atoms with Crippen LogP contribution in [0.5, 0.6) is 11.5 Å². The predicted octanol–water partition coefficient (Wildman–Crippen LogP) is 1.91. The zero-order valence-corrected chi connectivity index (χ0v) is 11.1. The predicted molar refractivity (Wildman–Crippen MR) is 76.7 cm³/mol. The number of anilines is 1. The number of benzene rings is 2. The lowest BCUT2D eigenvalue weighted by molar-refractivity contribution is 0.0947. The molecule has 0 spiro atoms. The van der Waals surface area contributed by atoms with E-state index in [1.807, 2.05) is 12.1 Å². The highest BCUT2D eigenvalue weighted by Crippen LogP contribution is 2.29. The number of para-hydroxylation sites is 1. The molecule has 5 heteroatoms. The number of rotatable bonds is 4. The van der Waals surface area contributed by atoms with Crippen LogP contribution in [0.15, 0.2) is 42.5 Å². The summed E-state index contributed by atoms with van der Waals surface area (Å²) in [7, 11) is 1.44. The Balaban J connectivity index is 2.07. The Kier molecular flexibility index (Phi) is 4.10. The number of carbonyl (C=O) groups excluding carboxylic acids is 1. The van der Waals surface area contributed by atoms with Gasteiger partial charge in [-0.2, -0.15) is 0 Å². The smallest absolute Gasteiger partial charge is 0.255 e. The Bertz CT molecular complexity index is 609. The van der Waals surface area contributed by atoms with E-state index >= 15 is 0 Å². The van der Waals surface area contributed by atoms with Gasteiger partial charge in [-0.3, -0.25) is 4.79 Å². The van der Waals surface area contributed by atoms with Crippen molar-refractivity contribution in [3.8, 4) is 11.5 Å². The lowest BCUT2D eigenvalue weighted by atomic mass is 10.1. The highest BCUT2D eigenvalue weighted by molar-refractivity contribution is 5.97. The van der Waals surface area contributed by atoms with Crippen molar-refractivity contribution in [1.82, 2.24) is 5.32 Å². The van der Waals surface area contributed by atoms with Crippen molar-refractivity contribution in [2.45, 2.75) is 6.54 Å². The summed E-state index contributed by atoms with van der Waals surface area (Å²) in [4.78, 5) is 12.0. The van der Waals surface area contributed by atoms with E-state index < -0.39 is 0 Å². The van der Waals surface area contributed by atoms with Crippen molar-refractivity contribution < 1.29 is 14.6 Å². The first-order valence-electron chi connectivity index (χ1n) is 6.10. The molecule has 0 aliphatic rings. The highest BCUT2D eigenvalue weighted by Gasteiger charge is 2.14. The van der Waals surface area contributed by atoms with E-state index in [-0.39, 0.29) is 23.0 Å². The van der Waals surface area contributed by atoms with E-state index in [0.29, 0.717) is 12.2 Å². The van der Waals surface area contributed by atoms with E-state index in [1.165, 1.54) is 13.2 Å². The number of ether oxygens (including phenoxy) is 1. The molecule has 0 saturated heterocycles. The van der Waals surface area contributed by atoms with E-state index in [4.69, 9.17) is 10.5 Å². The Morgan fingerprint density at radius 2 is 1.95 bits per heavy atom. The number of nitrogens with two attached hydrogens (primary N) is 1. The summed E-state index contributed by atoms with van der Waals surface area (Å²) in [6, 6.07) is 12.0. The average molecular weight is 272 g/mol. The van der Waals surface area contributed by atoms with Gasteiger partial charge in [-0.25, -0.2) is 0 Å². The zero-order chi connectivity index (χ0) is 14.5. The molecule has 0 radical (unpaired) electrons. The second-order valence-corrected chi connectivity index (χ2v) is 4.28. The van der Waals surface area contributed by atoms with Crippen LogP contribution in [0, 0.1) is 0 Å². The molecule has 0 bridgehead atoms. The number of nitrogen functional groups attached to an aromatic ring is 1. The maximum absolute atomic E-state index is 12.0. The molecule has 0 aliphatic carbocycles. The fourth-order valence-corrected chi connectivity index (χ4v) is 1.78. The molecule has 0 heterocycles. The first-order chi connectivity index (χ1) is 9.61. The quantitative estimate of drug-likeness (QED) is 0.742. The molecule has 4 N–H and O–H groups in total. The first kappa shape index (κ1) is 13.7. The number of phenols is 1. The number of aromatic hydroxyl groups is 1. The van der Waals surface area contributed by atoms with Gasteiger partial charge in [0.05, 0.1) is 12.7 Å².